The Morgan fingerprint density at radius 1 is 1.17 bits per heavy atom. The van der Waals surface area contributed by atoms with Crippen molar-refractivity contribution >= 4 is 5.91 Å². The van der Waals surface area contributed by atoms with Crippen LogP contribution in [0.15, 0.2) is 24.3 Å². The highest BCUT2D eigenvalue weighted by atomic mass is 16.3. The fourth-order valence-electron chi connectivity index (χ4n) is 4.88. The van der Waals surface area contributed by atoms with Crippen molar-refractivity contribution in [1.29, 1.82) is 0 Å². The number of amides is 1. The van der Waals surface area contributed by atoms with Gasteiger partial charge in [-0.1, -0.05) is 18.2 Å². The minimum atomic E-state index is -0.811. The fraction of sp³-hybridized carbons (Fsp3) is 0.650. The summed E-state index contributed by atoms with van der Waals surface area (Å²) in [6.07, 6.45) is 4.23. The van der Waals surface area contributed by atoms with Crippen molar-refractivity contribution < 1.29 is 9.90 Å². The molecule has 3 atom stereocenters. The number of carbonyl (C=O) groups is 1. The molecule has 0 spiro atoms. The molecule has 0 aliphatic heterocycles. The Kier molecular flexibility index (Phi) is 4.26. The maximum absolute atomic E-state index is 13.2. The molecule has 2 aliphatic carbocycles. The van der Waals surface area contributed by atoms with Gasteiger partial charge in [-0.05, 0) is 76.8 Å². The van der Waals surface area contributed by atoms with Gasteiger partial charge in [0.15, 0.2) is 0 Å². The van der Waals surface area contributed by atoms with Crippen LogP contribution in [0, 0.1) is 11.8 Å². The first-order chi connectivity index (χ1) is 10.8. The molecule has 3 rings (SSSR count). The van der Waals surface area contributed by atoms with E-state index in [-0.39, 0.29) is 18.0 Å². The second-order valence-corrected chi connectivity index (χ2v) is 7.95. The van der Waals surface area contributed by atoms with Crippen molar-refractivity contribution in [2.75, 3.05) is 0 Å². The van der Waals surface area contributed by atoms with E-state index in [0.29, 0.717) is 17.4 Å². The predicted octanol–water partition coefficient (Wildman–Crippen LogP) is 3.95. The Bertz CT molecular complexity index is 587. The highest BCUT2D eigenvalue weighted by Gasteiger charge is 2.52. The highest BCUT2D eigenvalue weighted by molar-refractivity contribution is 5.96. The molecular weight excluding hydrogens is 286 g/mol. The van der Waals surface area contributed by atoms with E-state index in [1.165, 1.54) is 6.42 Å². The SMILES string of the molecule is CC(C)N(C(=O)c1ccccc1C1(O)CC2CCC1C2)C(C)C. The van der Waals surface area contributed by atoms with Gasteiger partial charge in [0.1, 0.15) is 0 Å². The van der Waals surface area contributed by atoms with Crippen LogP contribution in [0.25, 0.3) is 0 Å². The lowest BCUT2D eigenvalue weighted by atomic mass is 9.77. The van der Waals surface area contributed by atoms with Crippen LogP contribution < -0.4 is 0 Å². The molecular formula is C20H29NO2. The summed E-state index contributed by atoms with van der Waals surface area (Å²) in [6, 6.07) is 8.00. The number of aliphatic hydroxyl groups is 1. The summed E-state index contributed by atoms with van der Waals surface area (Å²) in [5, 5.41) is 11.4. The van der Waals surface area contributed by atoms with Crippen LogP contribution in [0.1, 0.15) is 69.3 Å². The van der Waals surface area contributed by atoms with E-state index in [4.69, 9.17) is 0 Å². The minimum absolute atomic E-state index is 0.0433. The molecule has 3 unspecified atom stereocenters. The van der Waals surface area contributed by atoms with Gasteiger partial charge in [0.25, 0.3) is 5.91 Å². The van der Waals surface area contributed by atoms with Gasteiger partial charge in [-0.2, -0.15) is 0 Å². The molecule has 23 heavy (non-hydrogen) atoms. The molecule has 2 bridgehead atoms. The minimum Gasteiger partial charge on any atom is -0.385 e. The van der Waals surface area contributed by atoms with Crippen LogP contribution in [0.5, 0.6) is 0 Å². The van der Waals surface area contributed by atoms with Crippen LogP contribution >= 0.6 is 0 Å². The molecule has 1 amide bonds. The summed E-state index contributed by atoms with van der Waals surface area (Å²) in [7, 11) is 0. The Hall–Kier alpha value is -1.35. The molecule has 1 aromatic rings. The van der Waals surface area contributed by atoms with E-state index in [0.717, 1.165) is 24.8 Å². The third kappa shape index (κ3) is 2.69. The molecule has 2 aliphatic rings. The Morgan fingerprint density at radius 3 is 2.35 bits per heavy atom. The summed E-state index contributed by atoms with van der Waals surface area (Å²) in [5.74, 6) is 0.981. The average Bonchev–Trinajstić information content (AvgIpc) is 3.07. The summed E-state index contributed by atoms with van der Waals surface area (Å²) >= 11 is 0. The van der Waals surface area contributed by atoms with E-state index in [1.54, 1.807) is 0 Å². The highest BCUT2D eigenvalue weighted by Crippen LogP contribution is 2.56. The third-order valence-corrected chi connectivity index (χ3v) is 5.79. The summed E-state index contributed by atoms with van der Waals surface area (Å²) in [4.78, 5) is 15.1. The number of hydrogen-bond donors (Lipinski definition) is 1. The lowest BCUT2D eigenvalue weighted by molar-refractivity contribution is -0.0193. The number of hydrogen-bond acceptors (Lipinski definition) is 2. The molecule has 0 aromatic heterocycles. The lowest BCUT2D eigenvalue weighted by Gasteiger charge is -2.36. The molecule has 3 heteroatoms. The first-order valence-electron chi connectivity index (χ1n) is 8.99. The van der Waals surface area contributed by atoms with E-state index in [9.17, 15) is 9.90 Å². The monoisotopic (exact) mass is 315 g/mol. The normalized spacial score (nSPS) is 29.5. The maximum Gasteiger partial charge on any atom is 0.254 e. The van der Waals surface area contributed by atoms with Crippen LogP contribution in [-0.4, -0.2) is 28.0 Å². The van der Waals surface area contributed by atoms with Gasteiger partial charge >= 0.3 is 0 Å². The van der Waals surface area contributed by atoms with Crippen molar-refractivity contribution in [3.8, 4) is 0 Å². The molecule has 0 saturated heterocycles. The Balaban J connectivity index is 2.00. The summed E-state index contributed by atoms with van der Waals surface area (Å²) in [6.45, 7) is 8.19. The van der Waals surface area contributed by atoms with E-state index in [1.807, 2.05) is 56.9 Å². The molecule has 0 heterocycles. The van der Waals surface area contributed by atoms with Crippen molar-refractivity contribution in [3.05, 3.63) is 35.4 Å². The molecule has 1 N–H and O–H groups in total. The van der Waals surface area contributed by atoms with Crippen LogP contribution in [0.4, 0.5) is 0 Å². The van der Waals surface area contributed by atoms with Crippen molar-refractivity contribution in [3.63, 3.8) is 0 Å². The number of benzene rings is 1. The van der Waals surface area contributed by atoms with Gasteiger partial charge in [0.05, 0.1) is 5.60 Å². The fourth-order valence-corrected chi connectivity index (χ4v) is 4.88. The van der Waals surface area contributed by atoms with Crippen molar-refractivity contribution in [2.45, 2.75) is 71.1 Å². The second-order valence-electron chi connectivity index (χ2n) is 7.95. The van der Waals surface area contributed by atoms with Crippen molar-refractivity contribution in [1.82, 2.24) is 4.90 Å². The first kappa shape index (κ1) is 16.5. The van der Waals surface area contributed by atoms with Gasteiger partial charge < -0.3 is 10.0 Å². The lowest BCUT2D eigenvalue weighted by Crippen LogP contribution is -2.43. The van der Waals surface area contributed by atoms with E-state index >= 15 is 0 Å². The summed E-state index contributed by atoms with van der Waals surface area (Å²) < 4.78 is 0. The van der Waals surface area contributed by atoms with Crippen LogP contribution in [-0.2, 0) is 5.60 Å². The number of fused-ring (bicyclic) bond motifs is 2. The molecule has 0 radical (unpaired) electrons. The van der Waals surface area contributed by atoms with Gasteiger partial charge in [0.2, 0.25) is 0 Å². The zero-order valence-corrected chi connectivity index (χ0v) is 14.7. The molecule has 3 nitrogen and oxygen atoms in total. The van der Waals surface area contributed by atoms with Gasteiger partial charge in [-0.15, -0.1) is 0 Å². The zero-order chi connectivity index (χ0) is 16.8. The number of rotatable bonds is 4. The number of nitrogens with zero attached hydrogens (tertiary/aromatic N) is 1. The van der Waals surface area contributed by atoms with Crippen LogP contribution in [0.2, 0.25) is 0 Å². The van der Waals surface area contributed by atoms with Gasteiger partial charge in [-0.25, -0.2) is 0 Å². The van der Waals surface area contributed by atoms with Crippen molar-refractivity contribution in [2.24, 2.45) is 11.8 Å². The Morgan fingerprint density at radius 2 is 1.83 bits per heavy atom. The van der Waals surface area contributed by atoms with Gasteiger partial charge in [-0.3, -0.25) is 4.79 Å². The quantitative estimate of drug-likeness (QED) is 0.914. The average molecular weight is 315 g/mol. The molecule has 2 fully saturated rings. The second kappa shape index (κ2) is 5.94. The topological polar surface area (TPSA) is 40.5 Å². The molecule has 126 valence electrons. The molecule has 2 saturated carbocycles. The largest absolute Gasteiger partial charge is 0.385 e. The Labute approximate surface area is 139 Å². The zero-order valence-electron chi connectivity index (χ0n) is 14.7. The maximum atomic E-state index is 13.2. The first-order valence-corrected chi connectivity index (χ1v) is 8.99. The third-order valence-electron chi connectivity index (χ3n) is 5.79. The molecule has 1 aromatic carbocycles. The van der Waals surface area contributed by atoms with Crippen LogP contribution in [0.3, 0.4) is 0 Å². The standard InChI is InChI=1S/C20H29NO2/c1-13(2)21(14(3)4)19(22)17-7-5-6-8-18(17)20(23)12-15-9-10-16(20)11-15/h5-8,13-16,23H,9-12H2,1-4H3. The smallest absolute Gasteiger partial charge is 0.254 e. The van der Waals surface area contributed by atoms with E-state index < -0.39 is 5.60 Å². The number of carbonyl (C=O) groups excluding carboxylic acids is 1. The predicted molar refractivity (Wildman–Crippen MR) is 92.2 cm³/mol. The van der Waals surface area contributed by atoms with E-state index in [2.05, 4.69) is 0 Å². The van der Waals surface area contributed by atoms with Gasteiger partial charge in [0, 0.05) is 17.6 Å². The summed E-state index contributed by atoms with van der Waals surface area (Å²) in [5.41, 5.74) is 0.725.